The third-order valence-electron chi connectivity index (χ3n) is 5.69. The van der Waals surface area contributed by atoms with Gasteiger partial charge in [0.1, 0.15) is 5.75 Å². The van der Waals surface area contributed by atoms with Crippen molar-refractivity contribution in [1.82, 2.24) is 15.5 Å². The Morgan fingerprint density at radius 2 is 2.00 bits per heavy atom. The molecule has 0 amide bonds. The molecule has 2 aliphatic rings. The topological polar surface area (TPSA) is 67.4 Å². The number of benzene rings is 1. The Morgan fingerprint density at radius 3 is 2.66 bits per heavy atom. The molecule has 1 aromatic carbocycles. The Kier molecular flexibility index (Phi) is 11.9. The second-order valence-corrected chi connectivity index (χ2v) is 7.91. The first-order valence-corrected chi connectivity index (χ1v) is 11.0. The molecule has 2 unspecified atom stereocenters. The summed E-state index contributed by atoms with van der Waals surface area (Å²) in [5.74, 6) is 1.29. The minimum atomic E-state index is -2.86. The van der Waals surface area contributed by atoms with Crippen LogP contribution in [0.3, 0.4) is 0 Å². The zero-order valence-electron chi connectivity index (χ0n) is 18.8. The van der Waals surface area contributed by atoms with E-state index in [1.807, 2.05) is 19.9 Å². The Balaban J connectivity index is 0.00000363. The molecule has 1 aromatic rings. The van der Waals surface area contributed by atoms with Crippen molar-refractivity contribution in [2.75, 3.05) is 52.6 Å². The van der Waals surface area contributed by atoms with Gasteiger partial charge in [-0.25, -0.2) is 4.99 Å². The molecular formula is C22H35F2IN4O3. The van der Waals surface area contributed by atoms with E-state index in [4.69, 9.17) is 9.47 Å². The van der Waals surface area contributed by atoms with Crippen LogP contribution in [0, 0.1) is 12.8 Å². The van der Waals surface area contributed by atoms with Crippen LogP contribution >= 0.6 is 24.0 Å². The number of alkyl halides is 2. The van der Waals surface area contributed by atoms with Crippen molar-refractivity contribution in [2.24, 2.45) is 10.9 Å². The highest BCUT2D eigenvalue weighted by Gasteiger charge is 2.31. The van der Waals surface area contributed by atoms with Gasteiger partial charge in [-0.3, -0.25) is 4.90 Å². The van der Waals surface area contributed by atoms with Gasteiger partial charge < -0.3 is 24.8 Å². The van der Waals surface area contributed by atoms with Crippen LogP contribution in [-0.2, 0) is 16.0 Å². The normalized spacial score (nSPS) is 20.7. The van der Waals surface area contributed by atoms with E-state index in [9.17, 15) is 8.78 Å². The van der Waals surface area contributed by atoms with Crippen LogP contribution in [0.4, 0.5) is 8.78 Å². The molecule has 0 saturated carbocycles. The first-order valence-electron chi connectivity index (χ1n) is 11.0. The van der Waals surface area contributed by atoms with Crippen molar-refractivity contribution >= 4 is 29.9 Å². The largest absolute Gasteiger partial charge is 0.434 e. The lowest BCUT2D eigenvalue weighted by Gasteiger charge is -2.37. The third-order valence-corrected chi connectivity index (χ3v) is 5.69. The molecule has 2 atom stereocenters. The van der Waals surface area contributed by atoms with Gasteiger partial charge in [-0.05, 0) is 26.3 Å². The molecular weight excluding hydrogens is 533 g/mol. The maximum Gasteiger partial charge on any atom is 0.387 e. The van der Waals surface area contributed by atoms with Crippen molar-refractivity contribution in [3.63, 3.8) is 0 Å². The van der Waals surface area contributed by atoms with Crippen LogP contribution in [0.2, 0.25) is 0 Å². The number of nitrogens with zero attached hydrogens (tertiary/aromatic N) is 2. The first kappa shape index (κ1) is 27.0. The summed E-state index contributed by atoms with van der Waals surface area (Å²) < 4.78 is 41.3. The molecule has 2 saturated heterocycles. The Bertz CT molecular complexity index is 714. The fourth-order valence-electron chi connectivity index (χ4n) is 4.11. The highest BCUT2D eigenvalue weighted by Crippen LogP contribution is 2.23. The second kappa shape index (κ2) is 14.1. The number of hydrogen-bond acceptors (Lipinski definition) is 5. The van der Waals surface area contributed by atoms with E-state index in [-0.39, 0.29) is 36.3 Å². The second-order valence-electron chi connectivity index (χ2n) is 7.91. The number of aryl methyl sites for hydroxylation is 1. The fraction of sp³-hybridized carbons (Fsp3) is 0.682. The summed E-state index contributed by atoms with van der Waals surface area (Å²) in [6.07, 6.45) is 1.05. The van der Waals surface area contributed by atoms with E-state index < -0.39 is 6.61 Å². The fourth-order valence-corrected chi connectivity index (χ4v) is 4.11. The molecule has 32 heavy (non-hydrogen) atoms. The van der Waals surface area contributed by atoms with Gasteiger partial charge in [-0.15, -0.1) is 24.0 Å². The molecule has 0 aliphatic carbocycles. The summed E-state index contributed by atoms with van der Waals surface area (Å²) in [4.78, 5) is 7.10. The summed E-state index contributed by atoms with van der Waals surface area (Å²) in [7, 11) is 0. The SMILES string of the molecule is CCNC(=NCc1cc(C)ccc1OC(F)F)NCC(C1CCOC1)N1CCOCC1.I. The molecule has 7 nitrogen and oxygen atoms in total. The van der Waals surface area contributed by atoms with Crippen molar-refractivity contribution < 1.29 is 23.0 Å². The minimum absolute atomic E-state index is 0. The van der Waals surface area contributed by atoms with Gasteiger partial charge in [0.15, 0.2) is 5.96 Å². The number of guanidine groups is 1. The number of rotatable bonds is 9. The highest BCUT2D eigenvalue weighted by atomic mass is 127. The molecule has 0 aromatic heterocycles. The molecule has 0 radical (unpaired) electrons. The molecule has 0 bridgehead atoms. The zero-order valence-corrected chi connectivity index (χ0v) is 21.1. The average molecular weight is 568 g/mol. The predicted octanol–water partition coefficient (Wildman–Crippen LogP) is 3.01. The van der Waals surface area contributed by atoms with E-state index in [1.165, 1.54) is 0 Å². The van der Waals surface area contributed by atoms with Gasteiger partial charge in [0.25, 0.3) is 0 Å². The quantitative estimate of drug-likeness (QED) is 0.272. The van der Waals surface area contributed by atoms with Crippen molar-refractivity contribution in [1.29, 1.82) is 0 Å². The summed E-state index contributed by atoms with van der Waals surface area (Å²) >= 11 is 0. The zero-order chi connectivity index (χ0) is 22.1. The van der Waals surface area contributed by atoms with Gasteiger partial charge in [0, 0.05) is 50.3 Å². The Hall–Kier alpha value is -1.24. The number of halogens is 3. The van der Waals surface area contributed by atoms with E-state index in [1.54, 1.807) is 12.1 Å². The first-order chi connectivity index (χ1) is 15.1. The molecule has 10 heteroatoms. The number of morpholine rings is 1. The summed E-state index contributed by atoms with van der Waals surface area (Å²) in [6.45, 7) is 7.63. The maximum absolute atomic E-state index is 12.7. The van der Waals surface area contributed by atoms with Crippen LogP contribution in [0.5, 0.6) is 5.75 Å². The summed E-state index contributed by atoms with van der Waals surface area (Å²) in [5, 5.41) is 6.70. The third kappa shape index (κ3) is 8.27. The molecule has 2 N–H and O–H groups in total. The molecule has 2 heterocycles. The van der Waals surface area contributed by atoms with Crippen LogP contribution in [-0.4, -0.2) is 76.1 Å². The minimum Gasteiger partial charge on any atom is -0.434 e. The van der Waals surface area contributed by atoms with Gasteiger partial charge in [0.2, 0.25) is 0 Å². The van der Waals surface area contributed by atoms with E-state index >= 15 is 0 Å². The van der Waals surface area contributed by atoms with Crippen LogP contribution in [0.1, 0.15) is 24.5 Å². The van der Waals surface area contributed by atoms with Gasteiger partial charge >= 0.3 is 6.61 Å². The number of nitrogens with one attached hydrogen (secondary N) is 2. The average Bonchev–Trinajstić information content (AvgIpc) is 3.29. The van der Waals surface area contributed by atoms with Crippen molar-refractivity contribution in [2.45, 2.75) is 39.5 Å². The summed E-state index contributed by atoms with van der Waals surface area (Å²) in [5.41, 5.74) is 1.60. The lowest BCUT2D eigenvalue weighted by molar-refractivity contribution is -0.0504. The molecule has 2 aliphatic heterocycles. The van der Waals surface area contributed by atoms with Gasteiger partial charge in [-0.1, -0.05) is 17.7 Å². The standard InChI is InChI=1S/C22H34F2N4O3.HI/c1-3-25-22(26-13-18-12-16(2)4-5-20(18)31-21(23)24)27-14-19(17-6-9-30-15-17)28-7-10-29-11-8-28;/h4-5,12,17,19,21H,3,6-11,13-15H2,1-2H3,(H2,25,26,27);1H. The lowest BCUT2D eigenvalue weighted by Crippen LogP contribution is -2.53. The number of aliphatic imine (C=N–C) groups is 1. The van der Waals surface area contributed by atoms with Crippen molar-refractivity contribution in [3.8, 4) is 5.75 Å². The summed E-state index contributed by atoms with van der Waals surface area (Å²) in [6, 6.07) is 5.48. The number of hydrogen-bond donors (Lipinski definition) is 2. The monoisotopic (exact) mass is 568 g/mol. The Labute approximate surface area is 206 Å². The van der Waals surface area contributed by atoms with Crippen LogP contribution in [0.15, 0.2) is 23.2 Å². The van der Waals surface area contributed by atoms with Crippen LogP contribution in [0.25, 0.3) is 0 Å². The molecule has 3 rings (SSSR count). The number of ether oxygens (including phenoxy) is 3. The van der Waals surface area contributed by atoms with E-state index in [0.29, 0.717) is 30.0 Å². The lowest BCUT2D eigenvalue weighted by atomic mass is 9.97. The molecule has 182 valence electrons. The van der Waals surface area contributed by atoms with Gasteiger partial charge in [-0.2, -0.15) is 8.78 Å². The highest BCUT2D eigenvalue weighted by molar-refractivity contribution is 14.0. The van der Waals surface area contributed by atoms with Gasteiger partial charge in [0.05, 0.1) is 26.4 Å². The Morgan fingerprint density at radius 1 is 1.22 bits per heavy atom. The molecule has 2 fully saturated rings. The van der Waals surface area contributed by atoms with E-state index in [2.05, 4.69) is 25.3 Å². The predicted molar refractivity (Wildman–Crippen MR) is 131 cm³/mol. The molecule has 0 spiro atoms. The van der Waals surface area contributed by atoms with Crippen LogP contribution < -0.4 is 15.4 Å². The maximum atomic E-state index is 12.7. The van der Waals surface area contributed by atoms with Crippen molar-refractivity contribution in [3.05, 3.63) is 29.3 Å². The van der Waals surface area contributed by atoms with E-state index in [0.717, 1.165) is 58.0 Å². The smallest absolute Gasteiger partial charge is 0.387 e.